The number of amides is 2. The second kappa shape index (κ2) is 7.47. The summed E-state index contributed by atoms with van der Waals surface area (Å²) < 4.78 is 5.27. The Morgan fingerprint density at radius 3 is 2.80 bits per heavy atom. The molecule has 124 valence electrons. The monoisotopic (exact) mass is 351 g/mol. The summed E-state index contributed by atoms with van der Waals surface area (Å²) in [5, 5.41) is 7.52. The van der Waals surface area contributed by atoms with E-state index in [1.807, 2.05) is 0 Å². The van der Waals surface area contributed by atoms with Crippen LogP contribution in [-0.4, -0.2) is 23.3 Å². The maximum absolute atomic E-state index is 12.4. The average Bonchev–Trinajstić information content (AvgIpc) is 3.31. The molecule has 0 aliphatic carbocycles. The molecule has 0 saturated carbocycles. The third kappa shape index (κ3) is 3.76. The van der Waals surface area contributed by atoms with Crippen LogP contribution in [0.2, 0.25) is 0 Å². The molecule has 0 radical (unpaired) electrons. The fraction of sp³-hybridized carbons (Fsp3) is 0.0556. The van der Waals surface area contributed by atoms with Crippen LogP contribution in [0, 0.1) is 12.3 Å². The van der Waals surface area contributed by atoms with E-state index < -0.39 is 5.91 Å². The van der Waals surface area contributed by atoms with Crippen LogP contribution in [0.5, 0.6) is 0 Å². The minimum atomic E-state index is -0.411. The van der Waals surface area contributed by atoms with Gasteiger partial charge in [-0.1, -0.05) is 18.1 Å². The number of nitrogens with one attached hydrogen (secondary N) is 2. The van der Waals surface area contributed by atoms with E-state index in [1.54, 1.807) is 48.0 Å². The fourth-order valence-corrected chi connectivity index (χ4v) is 2.86. The smallest absolute Gasteiger partial charge is 0.275 e. The molecule has 3 rings (SSSR count). The zero-order chi connectivity index (χ0) is 17.6. The van der Waals surface area contributed by atoms with Gasteiger partial charge in [0.15, 0.2) is 10.8 Å². The molecule has 25 heavy (non-hydrogen) atoms. The minimum Gasteiger partial charge on any atom is -0.462 e. The van der Waals surface area contributed by atoms with Crippen LogP contribution < -0.4 is 10.6 Å². The van der Waals surface area contributed by atoms with Crippen molar-refractivity contribution in [1.29, 1.82) is 0 Å². The standard InChI is InChI=1S/C18H13N3O3S/c1-2-9-19-16(22)12-6-3-4-7-13(12)20-17(23)14-11-25-18(21-14)15-8-5-10-24-15/h1,3-8,10-11H,9H2,(H,19,22)(H,20,23). The maximum atomic E-state index is 12.4. The maximum Gasteiger partial charge on any atom is 0.275 e. The topological polar surface area (TPSA) is 84.2 Å². The lowest BCUT2D eigenvalue weighted by molar-refractivity contribution is 0.0959. The van der Waals surface area contributed by atoms with Crippen molar-refractivity contribution in [3.05, 3.63) is 59.3 Å². The van der Waals surface area contributed by atoms with Crippen LogP contribution in [-0.2, 0) is 0 Å². The first-order valence-corrected chi connectivity index (χ1v) is 8.18. The summed E-state index contributed by atoms with van der Waals surface area (Å²) in [4.78, 5) is 28.8. The lowest BCUT2D eigenvalue weighted by atomic mass is 10.1. The Balaban J connectivity index is 1.78. The molecule has 6 nitrogen and oxygen atoms in total. The summed E-state index contributed by atoms with van der Waals surface area (Å²) >= 11 is 1.30. The van der Waals surface area contributed by atoms with Gasteiger partial charge in [-0.15, -0.1) is 17.8 Å². The Bertz CT molecular complexity index is 939. The van der Waals surface area contributed by atoms with E-state index in [0.29, 0.717) is 22.0 Å². The highest BCUT2D eigenvalue weighted by atomic mass is 32.1. The van der Waals surface area contributed by atoms with Gasteiger partial charge in [0, 0.05) is 5.38 Å². The molecule has 1 aromatic carbocycles. The van der Waals surface area contributed by atoms with E-state index in [0.717, 1.165) is 0 Å². The molecule has 2 N–H and O–H groups in total. The molecule has 0 atom stereocenters. The number of furan rings is 1. The second-order valence-electron chi connectivity index (χ2n) is 4.90. The number of anilines is 1. The van der Waals surface area contributed by atoms with Crippen molar-refractivity contribution in [3.8, 4) is 23.1 Å². The van der Waals surface area contributed by atoms with Gasteiger partial charge in [-0.3, -0.25) is 9.59 Å². The van der Waals surface area contributed by atoms with Crippen molar-refractivity contribution in [2.45, 2.75) is 0 Å². The third-order valence-electron chi connectivity index (χ3n) is 3.24. The molecule has 0 saturated heterocycles. The van der Waals surface area contributed by atoms with Gasteiger partial charge in [-0.2, -0.15) is 0 Å². The van der Waals surface area contributed by atoms with E-state index in [9.17, 15) is 9.59 Å². The molecule has 0 bridgehead atoms. The van der Waals surface area contributed by atoms with E-state index in [1.165, 1.54) is 11.3 Å². The first-order valence-electron chi connectivity index (χ1n) is 7.30. The van der Waals surface area contributed by atoms with Gasteiger partial charge >= 0.3 is 0 Å². The Hall–Kier alpha value is -3.37. The van der Waals surface area contributed by atoms with Gasteiger partial charge in [-0.25, -0.2) is 4.98 Å². The molecule has 2 heterocycles. The molecular weight excluding hydrogens is 338 g/mol. The van der Waals surface area contributed by atoms with Crippen molar-refractivity contribution in [1.82, 2.24) is 10.3 Å². The van der Waals surface area contributed by atoms with Crippen LogP contribution in [0.25, 0.3) is 10.8 Å². The number of terminal acetylenes is 1. The minimum absolute atomic E-state index is 0.111. The number of hydrogen-bond donors (Lipinski definition) is 2. The van der Waals surface area contributed by atoms with Gasteiger partial charge in [0.1, 0.15) is 5.69 Å². The van der Waals surface area contributed by atoms with Gasteiger partial charge in [0.25, 0.3) is 11.8 Å². The summed E-state index contributed by atoms with van der Waals surface area (Å²) in [6, 6.07) is 10.2. The predicted octanol–water partition coefficient (Wildman–Crippen LogP) is 3.02. The lowest BCUT2D eigenvalue weighted by Gasteiger charge is -2.09. The number of benzene rings is 1. The number of nitrogens with zero attached hydrogens (tertiary/aromatic N) is 1. The number of carbonyl (C=O) groups is 2. The van der Waals surface area contributed by atoms with Crippen LogP contribution in [0.4, 0.5) is 5.69 Å². The zero-order valence-corrected chi connectivity index (χ0v) is 13.8. The highest BCUT2D eigenvalue weighted by Gasteiger charge is 2.16. The number of aromatic nitrogens is 1. The number of hydrogen-bond acceptors (Lipinski definition) is 5. The molecule has 0 unspecified atom stereocenters. The van der Waals surface area contributed by atoms with Crippen molar-refractivity contribution >= 4 is 28.8 Å². The summed E-state index contributed by atoms with van der Waals surface area (Å²) in [6.45, 7) is 0.111. The quantitative estimate of drug-likeness (QED) is 0.692. The van der Waals surface area contributed by atoms with E-state index in [4.69, 9.17) is 10.8 Å². The summed E-state index contributed by atoms with van der Waals surface area (Å²) in [6.07, 6.45) is 6.69. The SMILES string of the molecule is C#CCNC(=O)c1ccccc1NC(=O)c1csc(-c2ccco2)n1. The highest BCUT2D eigenvalue weighted by molar-refractivity contribution is 7.13. The Labute approximate surface area is 147 Å². The molecule has 0 fully saturated rings. The Morgan fingerprint density at radius 1 is 1.20 bits per heavy atom. The summed E-state index contributed by atoms with van der Waals surface area (Å²) in [7, 11) is 0. The molecular formula is C18H13N3O3S. The first kappa shape index (κ1) is 16.5. The fourth-order valence-electron chi connectivity index (χ4n) is 2.09. The molecule has 2 amide bonds. The summed E-state index contributed by atoms with van der Waals surface area (Å²) in [5.74, 6) is 2.16. The van der Waals surface area contributed by atoms with Crippen LogP contribution >= 0.6 is 11.3 Å². The molecule has 2 aromatic heterocycles. The number of thiazole rings is 1. The van der Waals surface area contributed by atoms with Gasteiger partial charge in [0.05, 0.1) is 24.1 Å². The highest BCUT2D eigenvalue weighted by Crippen LogP contribution is 2.24. The Kier molecular flexibility index (Phi) is 4.92. The van der Waals surface area contributed by atoms with Crippen LogP contribution in [0.1, 0.15) is 20.8 Å². The largest absolute Gasteiger partial charge is 0.462 e. The predicted molar refractivity (Wildman–Crippen MR) is 95.4 cm³/mol. The molecule has 0 aliphatic rings. The molecule has 0 aliphatic heterocycles. The molecule has 0 spiro atoms. The summed E-state index contributed by atoms with van der Waals surface area (Å²) in [5.41, 5.74) is 0.956. The van der Waals surface area contributed by atoms with Gasteiger partial charge in [-0.05, 0) is 24.3 Å². The van der Waals surface area contributed by atoms with E-state index in [2.05, 4.69) is 21.5 Å². The van der Waals surface area contributed by atoms with E-state index >= 15 is 0 Å². The van der Waals surface area contributed by atoms with Crippen molar-refractivity contribution < 1.29 is 14.0 Å². The van der Waals surface area contributed by atoms with Gasteiger partial charge < -0.3 is 15.1 Å². The van der Waals surface area contributed by atoms with Crippen molar-refractivity contribution in [2.24, 2.45) is 0 Å². The van der Waals surface area contributed by atoms with E-state index in [-0.39, 0.29) is 18.1 Å². The van der Waals surface area contributed by atoms with Crippen molar-refractivity contribution in [2.75, 3.05) is 11.9 Å². The third-order valence-corrected chi connectivity index (χ3v) is 4.10. The average molecular weight is 351 g/mol. The number of para-hydroxylation sites is 1. The number of carbonyl (C=O) groups excluding carboxylic acids is 2. The molecule has 7 heteroatoms. The normalized spacial score (nSPS) is 10.0. The van der Waals surface area contributed by atoms with Crippen LogP contribution in [0.3, 0.4) is 0 Å². The Morgan fingerprint density at radius 2 is 2.04 bits per heavy atom. The molecule has 3 aromatic rings. The first-order chi connectivity index (χ1) is 12.2. The van der Waals surface area contributed by atoms with Crippen LogP contribution in [0.15, 0.2) is 52.5 Å². The van der Waals surface area contributed by atoms with Gasteiger partial charge in [0.2, 0.25) is 0 Å². The zero-order valence-electron chi connectivity index (χ0n) is 13.0. The number of rotatable bonds is 5. The van der Waals surface area contributed by atoms with Crippen molar-refractivity contribution in [3.63, 3.8) is 0 Å². The lowest BCUT2D eigenvalue weighted by Crippen LogP contribution is -2.25. The second-order valence-corrected chi connectivity index (χ2v) is 5.76.